The number of nitrogens with one attached hydrogen (secondary N) is 1. The summed E-state index contributed by atoms with van der Waals surface area (Å²) in [5.74, 6) is -0.425. The van der Waals surface area contributed by atoms with Crippen molar-refractivity contribution in [3.63, 3.8) is 0 Å². The average molecular weight is 348 g/mol. The number of carbonyl (C=O) groups is 2. The predicted octanol–water partition coefficient (Wildman–Crippen LogP) is 1.80. The molecule has 1 aliphatic rings. The molecule has 1 aliphatic heterocycles. The Hall–Kier alpha value is -0.600. The number of nitrogens with two attached hydrogens (primary N) is 1. The van der Waals surface area contributed by atoms with Crippen molar-refractivity contribution in [3.05, 3.63) is 35.9 Å². The highest BCUT2D eigenvalue weighted by molar-refractivity contribution is 14.1. The maximum absolute atomic E-state index is 11.6. The molecule has 84 valence electrons. The lowest BCUT2D eigenvalue weighted by Crippen LogP contribution is -2.48. The van der Waals surface area contributed by atoms with Gasteiger partial charge in [0.25, 0.3) is 11.1 Å². The van der Waals surface area contributed by atoms with Gasteiger partial charge >= 0.3 is 0 Å². The molecular weight excluding hydrogens is 339 g/mol. The molecule has 0 saturated carbocycles. The zero-order chi connectivity index (χ0) is 11.8. The minimum absolute atomic E-state index is 0.247. The molecule has 4 nitrogen and oxygen atoms in total. The first-order chi connectivity index (χ1) is 7.54. The largest absolute Gasteiger partial charge is 0.307 e. The van der Waals surface area contributed by atoms with E-state index in [1.807, 2.05) is 30.3 Å². The normalized spacial score (nSPS) is 26.6. The van der Waals surface area contributed by atoms with Gasteiger partial charge < -0.3 is 5.73 Å². The molecule has 0 aromatic heterocycles. The molecule has 6 heteroatoms. The molecule has 2 amide bonds. The monoisotopic (exact) mass is 348 g/mol. The summed E-state index contributed by atoms with van der Waals surface area (Å²) in [4.78, 5) is 21.6. The van der Waals surface area contributed by atoms with Gasteiger partial charge in [0, 0.05) is 0 Å². The van der Waals surface area contributed by atoms with E-state index in [0.29, 0.717) is 0 Å². The van der Waals surface area contributed by atoms with E-state index in [4.69, 9.17) is 5.73 Å². The lowest BCUT2D eigenvalue weighted by atomic mass is 10.1. The minimum atomic E-state index is -1.21. The van der Waals surface area contributed by atoms with Gasteiger partial charge in [0.1, 0.15) is 0 Å². The van der Waals surface area contributed by atoms with E-state index in [2.05, 4.69) is 27.9 Å². The first-order valence-corrected chi connectivity index (χ1v) is 6.62. The molecule has 1 aromatic carbocycles. The van der Waals surface area contributed by atoms with Crippen LogP contribution in [0, 0.1) is 0 Å². The van der Waals surface area contributed by atoms with Gasteiger partial charge in [0.2, 0.25) is 0 Å². The Balaban J connectivity index is 2.32. The molecule has 1 aromatic rings. The summed E-state index contributed by atoms with van der Waals surface area (Å²) in [6.07, 6.45) is 0. The summed E-state index contributed by atoms with van der Waals surface area (Å²) in [5, 5.41) is 1.83. The summed E-state index contributed by atoms with van der Waals surface area (Å²) in [6, 6.07) is 9.43. The van der Waals surface area contributed by atoms with Crippen LogP contribution in [-0.4, -0.2) is 16.0 Å². The fourth-order valence-corrected chi connectivity index (χ4v) is 3.37. The van der Waals surface area contributed by atoms with Crippen molar-refractivity contribution in [1.29, 1.82) is 0 Å². The van der Waals surface area contributed by atoms with E-state index in [1.165, 1.54) is 0 Å². The smallest absolute Gasteiger partial charge is 0.288 e. The van der Waals surface area contributed by atoms with E-state index < -0.39 is 10.8 Å². The van der Waals surface area contributed by atoms with E-state index >= 15 is 0 Å². The van der Waals surface area contributed by atoms with Crippen LogP contribution in [0.2, 0.25) is 0 Å². The van der Waals surface area contributed by atoms with Gasteiger partial charge in [-0.2, -0.15) is 0 Å². The SMILES string of the molecule is NC1(C(I)c2ccccc2)SC(=O)NC1=O. The van der Waals surface area contributed by atoms with Crippen LogP contribution in [0.1, 0.15) is 9.49 Å². The average Bonchev–Trinajstić information content (AvgIpc) is 2.54. The number of hydrogen-bond donors (Lipinski definition) is 2. The molecular formula is C10H9IN2O2S. The van der Waals surface area contributed by atoms with Gasteiger partial charge in [-0.25, -0.2) is 0 Å². The van der Waals surface area contributed by atoms with Crippen LogP contribution < -0.4 is 11.1 Å². The Morgan fingerprint density at radius 2 is 1.94 bits per heavy atom. The van der Waals surface area contributed by atoms with E-state index in [0.717, 1.165) is 17.3 Å². The molecule has 2 atom stereocenters. The summed E-state index contributed by atoms with van der Waals surface area (Å²) < 4.78 is -0.247. The second-order valence-corrected chi connectivity index (χ2v) is 5.91. The molecule has 1 saturated heterocycles. The molecule has 0 radical (unpaired) electrons. The number of carbonyl (C=O) groups excluding carboxylic acids is 2. The highest BCUT2D eigenvalue weighted by Gasteiger charge is 2.50. The maximum Gasteiger partial charge on any atom is 0.288 e. The lowest BCUT2D eigenvalue weighted by molar-refractivity contribution is -0.121. The van der Waals surface area contributed by atoms with Gasteiger partial charge in [-0.15, -0.1) is 0 Å². The van der Waals surface area contributed by atoms with Crippen LogP contribution in [0.4, 0.5) is 4.79 Å². The number of amides is 2. The standard InChI is InChI=1S/C10H9IN2O2S/c11-7(6-4-2-1-3-5-6)10(12)8(14)13-9(15)16-10/h1-5,7H,12H2,(H,13,14,15). The molecule has 2 unspecified atom stereocenters. The fourth-order valence-electron chi connectivity index (χ4n) is 1.45. The van der Waals surface area contributed by atoms with Gasteiger partial charge in [-0.05, 0) is 17.3 Å². The minimum Gasteiger partial charge on any atom is -0.307 e. The van der Waals surface area contributed by atoms with Crippen molar-refractivity contribution < 1.29 is 9.59 Å². The highest BCUT2D eigenvalue weighted by Crippen LogP contribution is 2.43. The quantitative estimate of drug-likeness (QED) is 0.632. The van der Waals surface area contributed by atoms with Gasteiger partial charge in [-0.1, -0.05) is 52.9 Å². The molecule has 0 bridgehead atoms. The Kier molecular flexibility index (Phi) is 3.22. The molecule has 16 heavy (non-hydrogen) atoms. The summed E-state index contributed by atoms with van der Waals surface area (Å²) in [5.41, 5.74) is 6.92. The second kappa shape index (κ2) is 4.34. The highest BCUT2D eigenvalue weighted by atomic mass is 127. The Morgan fingerprint density at radius 1 is 1.31 bits per heavy atom. The number of hydrogen-bond acceptors (Lipinski definition) is 4. The van der Waals surface area contributed by atoms with Crippen LogP contribution >= 0.6 is 34.4 Å². The number of alkyl halides is 1. The van der Waals surface area contributed by atoms with Gasteiger partial charge in [-0.3, -0.25) is 14.9 Å². The van der Waals surface area contributed by atoms with Crippen LogP contribution in [0.15, 0.2) is 30.3 Å². The predicted molar refractivity (Wildman–Crippen MR) is 71.3 cm³/mol. The van der Waals surface area contributed by atoms with E-state index in [1.54, 1.807) is 0 Å². The number of imide groups is 1. The van der Waals surface area contributed by atoms with Crippen molar-refractivity contribution >= 4 is 45.5 Å². The molecule has 2 rings (SSSR count). The first-order valence-electron chi connectivity index (χ1n) is 4.56. The van der Waals surface area contributed by atoms with E-state index in [9.17, 15) is 9.59 Å². The van der Waals surface area contributed by atoms with Crippen LogP contribution in [0.5, 0.6) is 0 Å². The fraction of sp³-hybridized carbons (Fsp3) is 0.200. The zero-order valence-electron chi connectivity index (χ0n) is 8.14. The Labute approximate surface area is 110 Å². The third-order valence-corrected chi connectivity index (χ3v) is 5.47. The molecule has 3 N–H and O–H groups in total. The maximum atomic E-state index is 11.6. The first kappa shape index (κ1) is 11.9. The van der Waals surface area contributed by atoms with Gasteiger partial charge in [0.05, 0.1) is 3.92 Å². The third-order valence-electron chi connectivity index (χ3n) is 2.30. The molecule has 1 heterocycles. The number of thioether (sulfide) groups is 1. The van der Waals surface area contributed by atoms with Crippen molar-refractivity contribution in [2.24, 2.45) is 5.73 Å². The van der Waals surface area contributed by atoms with Crippen molar-refractivity contribution in [3.8, 4) is 0 Å². The third kappa shape index (κ3) is 1.96. The van der Waals surface area contributed by atoms with Crippen molar-refractivity contribution in [2.45, 2.75) is 8.80 Å². The van der Waals surface area contributed by atoms with Crippen molar-refractivity contribution in [1.82, 2.24) is 5.32 Å². The van der Waals surface area contributed by atoms with Crippen LogP contribution in [-0.2, 0) is 4.79 Å². The van der Waals surface area contributed by atoms with E-state index in [-0.39, 0.29) is 9.16 Å². The van der Waals surface area contributed by atoms with Crippen LogP contribution in [0.3, 0.4) is 0 Å². The number of halogens is 1. The second-order valence-electron chi connectivity index (χ2n) is 3.41. The van der Waals surface area contributed by atoms with Gasteiger partial charge in [0.15, 0.2) is 4.87 Å². The van der Waals surface area contributed by atoms with Crippen molar-refractivity contribution in [2.75, 3.05) is 0 Å². The summed E-state index contributed by atoms with van der Waals surface area (Å²) >= 11 is 2.94. The zero-order valence-corrected chi connectivity index (χ0v) is 11.1. The Morgan fingerprint density at radius 3 is 2.44 bits per heavy atom. The topological polar surface area (TPSA) is 72.2 Å². The Bertz CT molecular complexity index is 440. The summed E-state index contributed by atoms with van der Waals surface area (Å²) in [7, 11) is 0. The lowest BCUT2D eigenvalue weighted by Gasteiger charge is -2.25. The molecule has 0 spiro atoms. The summed E-state index contributed by atoms with van der Waals surface area (Å²) in [6.45, 7) is 0. The molecule has 0 aliphatic carbocycles. The number of benzene rings is 1. The van der Waals surface area contributed by atoms with Crippen LogP contribution in [0.25, 0.3) is 0 Å². The number of rotatable bonds is 2. The molecule has 1 fully saturated rings.